The van der Waals surface area contributed by atoms with Crippen LogP contribution in [0.2, 0.25) is 0 Å². The van der Waals surface area contributed by atoms with Crippen LogP contribution in [0, 0.1) is 36.0 Å². The highest BCUT2D eigenvalue weighted by Gasteiger charge is 2.27. The summed E-state index contributed by atoms with van der Waals surface area (Å²) in [6, 6.07) is 0. The molecule has 0 fully saturated rings. The van der Waals surface area contributed by atoms with Crippen molar-refractivity contribution in [1.82, 2.24) is 15.0 Å². The summed E-state index contributed by atoms with van der Waals surface area (Å²) in [5, 5.41) is 15.3. The van der Waals surface area contributed by atoms with E-state index in [1.807, 2.05) is 0 Å². The van der Waals surface area contributed by atoms with Gasteiger partial charge in [-0.25, -0.2) is 31.4 Å². The molecule has 0 aliphatic heterocycles. The highest BCUT2D eigenvalue weighted by atomic mass is 19.2. The average molecular weight is 307 g/mol. The Balaban J connectivity index is 2.53. The predicted octanol–water partition coefficient (Wildman–Crippen LogP) is 2.03. The molecular formula is C11H6F5N3O2. The second-order valence-electron chi connectivity index (χ2n) is 4.03. The minimum absolute atomic E-state index is 0.0913. The zero-order valence-electron chi connectivity index (χ0n) is 10.3. The van der Waals surface area contributed by atoms with Crippen LogP contribution in [0.15, 0.2) is 0 Å². The third kappa shape index (κ3) is 2.32. The van der Waals surface area contributed by atoms with Gasteiger partial charge in [-0.05, 0) is 6.92 Å². The first-order valence-electron chi connectivity index (χ1n) is 5.39. The van der Waals surface area contributed by atoms with Crippen molar-refractivity contribution in [3.8, 4) is 0 Å². The molecule has 2 aromatic rings. The van der Waals surface area contributed by atoms with E-state index in [1.165, 1.54) is 6.92 Å². The van der Waals surface area contributed by atoms with Crippen LogP contribution in [0.3, 0.4) is 0 Å². The number of nitrogens with zero attached hydrogens (tertiary/aromatic N) is 3. The lowest BCUT2D eigenvalue weighted by Crippen LogP contribution is -2.13. The van der Waals surface area contributed by atoms with Crippen LogP contribution < -0.4 is 0 Å². The second-order valence-corrected chi connectivity index (χ2v) is 4.03. The molecule has 0 unspecified atom stereocenters. The number of carboxylic acids is 1. The Kier molecular flexibility index (Phi) is 3.62. The molecule has 0 aliphatic rings. The van der Waals surface area contributed by atoms with Gasteiger partial charge in [-0.15, -0.1) is 5.10 Å². The highest BCUT2D eigenvalue weighted by Crippen LogP contribution is 2.24. The number of aromatic carboxylic acids is 1. The molecule has 1 N–H and O–H groups in total. The fourth-order valence-electron chi connectivity index (χ4n) is 1.65. The molecule has 5 nitrogen and oxygen atoms in total. The van der Waals surface area contributed by atoms with Gasteiger partial charge in [-0.3, -0.25) is 0 Å². The highest BCUT2D eigenvalue weighted by molar-refractivity contribution is 5.86. The maximum atomic E-state index is 13.5. The van der Waals surface area contributed by atoms with Crippen LogP contribution in [0.25, 0.3) is 0 Å². The number of hydrogen-bond acceptors (Lipinski definition) is 3. The molecule has 1 aromatic heterocycles. The molecule has 0 spiro atoms. The largest absolute Gasteiger partial charge is 0.476 e. The third-order valence-corrected chi connectivity index (χ3v) is 2.79. The summed E-state index contributed by atoms with van der Waals surface area (Å²) >= 11 is 0. The van der Waals surface area contributed by atoms with E-state index in [9.17, 15) is 26.7 Å². The third-order valence-electron chi connectivity index (χ3n) is 2.79. The zero-order chi connectivity index (χ0) is 15.9. The number of benzene rings is 1. The van der Waals surface area contributed by atoms with Crippen LogP contribution in [0.5, 0.6) is 0 Å². The van der Waals surface area contributed by atoms with Gasteiger partial charge in [0, 0.05) is 0 Å². The molecule has 1 aromatic carbocycles. The Bertz CT molecular complexity index is 715. The van der Waals surface area contributed by atoms with E-state index in [0.717, 1.165) is 4.68 Å². The van der Waals surface area contributed by atoms with Gasteiger partial charge in [0.15, 0.2) is 29.0 Å². The monoisotopic (exact) mass is 307 g/mol. The van der Waals surface area contributed by atoms with Crippen molar-refractivity contribution in [2.24, 2.45) is 0 Å². The SMILES string of the molecule is Cc1c(C(=O)O)nnn1Cc1c(F)c(F)c(F)c(F)c1F. The lowest BCUT2D eigenvalue weighted by atomic mass is 10.1. The Morgan fingerprint density at radius 2 is 1.52 bits per heavy atom. The van der Waals surface area contributed by atoms with E-state index in [-0.39, 0.29) is 5.69 Å². The van der Waals surface area contributed by atoms with Gasteiger partial charge < -0.3 is 5.11 Å². The van der Waals surface area contributed by atoms with Crippen molar-refractivity contribution in [1.29, 1.82) is 0 Å². The van der Waals surface area contributed by atoms with Gasteiger partial charge in [0.05, 0.1) is 17.8 Å². The Morgan fingerprint density at radius 3 is 1.95 bits per heavy atom. The van der Waals surface area contributed by atoms with Crippen molar-refractivity contribution < 1.29 is 31.9 Å². The molecule has 112 valence electrons. The molecule has 21 heavy (non-hydrogen) atoms. The summed E-state index contributed by atoms with van der Waals surface area (Å²) in [4.78, 5) is 10.7. The zero-order valence-corrected chi connectivity index (χ0v) is 10.3. The van der Waals surface area contributed by atoms with Crippen LogP contribution in [0.4, 0.5) is 22.0 Å². The smallest absolute Gasteiger partial charge is 0.358 e. The van der Waals surface area contributed by atoms with Gasteiger partial charge in [-0.2, -0.15) is 0 Å². The normalized spacial score (nSPS) is 11.0. The van der Waals surface area contributed by atoms with E-state index in [4.69, 9.17) is 5.11 Å². The van der Waals surface area contributed by atoms with Crippen molar-refractivity contribution in [3.05, 3.63) is 46.0 Å². The molecule has 0 amide bonds. The molecular weight excluding hydrogens is 301 g/mol. The molecule has 10 heteroatoms. The fourth-order valence-corrected chi connectivity index (χ4v) is 1.65. The molecule has 1 heterocycles. The number of carboxylic acid groups (broad SMARTS) is 1. The van der Waals surface area contributed by atoms with Gasteiger partial charge >= 0.3 is 5.97 Å². The maximum absolute atomic E-state index is 13.5. The Morgan fingerprint density at radius 1 is 1.05 bits per heavy atom. The van der Waals surface area contributed by atoms with Crippen molar-refractivity contribution >= 4 is 5.97 Å². The van der Waals surface area contributed by atoms with Crippen molar-refractivity contribution in [2.75, 3.05) is 0 Å². The number of carbonyl (C=O) groups is 1. The van der Waals surface area contributed by atoms with Crippen LogP contribution >= 0.6 is 0 Å². The minimum Gasteiger partial charge on any atom is -0.476 e. The van der Waals surface area contributed by atoms with Gasteiger partial charge in [-0.1, -0.05) is 5.21 Å². The van der Waals surface area contributed by atoms with E-state index < -0.39 is 52.9 Å². The maximum Gasteiger partial charge on any atom is 0.358 e. The fraction of sp³-hybridized carbons (Fsp3) is 0.182. The summed E-state index contributed by atoms with van der Waals surface area (Å²) in [5.74, 6) is -11.9. The van der Waals surface area contributed by atoms with Crippen molar-refractivity contribution in [2.45, 2.75) is 13.5 Å². The summed E-state index contributed by atoms with van der Waals surface area (Å²) in [7, 11) is 0. The molecule has 0 bridgehead atoms. The lowest BCUT2D eigenvalue weighted by molar-refractivity contribution is 0.0689. The number of aromatic nitrogens is 3. The second kappa shape index (κ2) is 5.11. The molecule has 0 atom stereocenters. The van der Waals surface area contributed by atoms with E-state index in [2.05, 4.69) is 10.3 Å². The lowest BCUT2D eigenvalue weighted by Gasteiger charge is -2.09. The molecule has 0 aliphatic carbocycles. The molecule has 2 rings (SSSR count). The summed E-state index contributed by atoms with van der Waals surface area (Å²) in [5.41, 5.74) is -1.71. The first kappa shape index (κ1) is 14.9. The van der Waals surface area contributed by atoms with E-state index >= 15 is 0 Å². The van der Waals surface area contributed by atoms with E-state index in [0.29, 0.717) is 0 Å². The Hall–Kier alpha value is -2.52. The van der Waals surface area contributed by atoms with Crippen LogP contribution in [-0.2, 0) is 6.54 Å². The van der Waals surface area contributed by atoms with Crippen LogP contribution in [-0.4, -0.2) is 26.1 Å². The summed E-state index contributed by atoms with van der Waals surface area (Å²) in [6.07, 6.45) is 0. The molecule has 0 saturated carbocycles. The van der Waals surface area contributed by atoms with Crippen LogP contribution in [0.1, 0.15) is 21.7 Å². The quantitative estimate of drug-likeness (QED) is 0.535. The predicted molar refractivity (Wildman–Crippen MR) is 57.1 cm³/mol. The first-order chi connectivity index (χ1) is 9.75. The van der Waals surface area contributed by atoms with Crippen molar-refractivity contribution in [3.63, 3.8) is 0 Å². The van der Waals surface area contributed by atoms with Gasteiger partial charge in [0.2, 0.25) is 5.82 Å². The molecule has 0 saturated heterocycles. The minimum atomic E-state index is -2.27. The molecule has 0 radical (unpaired) electrons. The Labute approximate surface area is 113 Å². The topological polar surface area (TPSA) is 68.0 Å². The average Bonchev–Trinajstić information content (AvgIpc) is 2.80. The number of rotatable bonds is 3. The standard InChI is InChI=1S/C11H6F5N3O2/c1-3-10(11(20)21)17-18-19(3)2-4-5(12)7(14)9(16)8(15)6(4)13/h2H2,1H3,(H,20,21). The number of hydrogen-bond donors (Lipinski definition) is 1. The summed E-state index contributed by atoms with van der Waals surface area (Å²) in [6.45, 7) is 0.382. The first-order valence-corrected chi connectivity index (χ1v) is 5.39. The summed E-state index contributed by atoms with van der Waals surface area (Å²) < 4.78 is 66.7. The van der Waals surface area contributed by atoms with Gasteiger partial charge in [0.25, 0.3) is 0 Å². The van der Waals surface area contributed by atoms with E-state index in [1.54, 1.807) is 0 Å². The van der Waals surface area contributed by atoms with Gasteiger partial charge in [0.1, 0.15) is 0 Å². The number of halogens is 5.